The fourth-order valence-corrected chi connectivity index (χ4v) is 2.92. The lowest BCUT2D eigenvalue weighted by Gasteiger charge is -2.26. The lowest BCUT2D eigenvalue weighted by atomic mass is 10.1. The summed E-state index contributed by atoms with van der Waals surface area (Å²) in [5.41, 5.74) is 0.715. The zero-order chi connectivity index (χ0) is 19.0. The molecule has 2 heterocycles. The molecule has 2 aliphatic rings. The van der Waals surface area contributed by atoms with E-state index < -0.39 is 17.8 Å². The summed E-state index contributed by atoms with van der Waals surface area (Å²) in [6.07, 6.45) is 1.41. The maximum atomic E-state index is 12.8. The summed E-state index contributed by atoms with van der Waals surface area (Å²) < 4.78 is 11.0. The number of imide groups is 2. The smallest absolute Gasteiger partial charge is 0.335 e. The molecule has 2 aromatic rings. The lowest BCUT2D eigenvalue weighted by Crippen LogP contribution is -2.54. The van der Waals surface area contributed by atoms with Crippen LogP contribution in [0, 0.1) is 0 Å². The Morgan fingerprint density at radius 3 is 2.41 bits per heavy atom. The summed E-state index contributed by atoms with van der Waals surface area (Å²) in [6.45, 7) is 0.887. The first kappa shape index (κ1) is 17.1. The van der Waals surface area contributed by atoms with Crippen LogP contribution in [0.4, 0.5) is 10.5 Å². The molecule has 7 nitrogen and oxygen atoms in total. The minimum atomic E-state index is -0.813. The van der Waals surface area contributed by atoms with Gasteiger partial charge in [-0.2, -0.15) is 0 Å². The van der Waals surface area contributed by atoms with Gasteiger partial charge >= 0.3 is 6.03 Å². The molecule has 0 unspecified atom stereocenters. The van der Waals surface area contributed by atoms with Gasteiger partial charge in [0.05, 0.1) is 5.69 Å². The Balaban J connectivity index is 1.70. The summed E-state index contributed by atoms with van der Waals surface area (Å²) in [7, 11) is 0. The highest BCUT2D eigenvalue weighted by atomic mass is 35.5. The van der Waals surface area contributed by atoms with Crippen molar-refractivity contribution in [1.82, 2.24) is 5.32 Å². The Hall–Kier alpha value is -3.32. The zero-order valence-electron chi connectivity index (χ0n) is 13.9. The number of hydrogen-bond acceptors (Lipinski definition) is 5. The van der Waals surface area contributed by atoms with Gasteiger partial charge in [0.1, 0.15) is 18.8 Å². The summed E-state index contributed by atoms with van der Waals surface area (Å²) in [5, 5.41) is 2.64. The summed E-state index contributed by atoms with van der Waals surface area (Å²) in [5.74, 6) is -0.350. The van der Waals surface area contributed by atoms with Gasteiger partial charge in [0.2, 0.25) is 0 Å². The van der Waals surface area contributed by atoms with Crippen molar-refractivity contribution in [2.75, 3.05) is 18.1 Å². The standard InChI is InChI=1S/C19H13ClN2O5/c20-12-2-4-13(5-3-12)22-18(24)14(17(23)21-19(22)25)9-11-1-6-15-16(10-11)27-8-7-26-15/h1-6,9-10H,7-8H2,(H,21,23,25)/b14-9+. The van der Waals surface area contributed by atoms with Crippen LogP contribution in [0.15, 0.2) is 48.0 Å². The predicted molar refractivity (Wildman–Crippen MR) is 97.9 cm³/mol. The van der Waals surface area contributed by atoms with Gasteiger partial charge in [-0.15, -0.1) is 0 Å². The molecule has 0 saturated carbocycles. The monoisotopic (exact) mass is 384 g/mol. The molecule has 0 bridgehead atoms. The minimum absolute atomic E-state index is 0.166. The van der Waals surface area contributed by atoms with E-state index >= 15 is 0 Å². The number of rotatable bonds is 2. The second-order valence-corrected chi connectivity index (χ2v) is 6.27. The topological polar surface area (TPSA) is 84.9 Å². The SMILES string of the molecule is O=C1NC(=O)N(c2ccc(Cl)cc2)C(=O)/C1=C/c1ccc2c(c1)OCCO2. The van der Waals surface area contributed by atoms with Gasteiger partial charge in [-0.05, 0) is 48.0 Å². The average molecular weight is 385 g/mol. The van der Waals surface area contributed by atoms with Crippen molar-refractivity contribution in [2.24, 2.45) is 0 Å². The zero-order valence-corrected chi connectivity index (χ0v) is 14.7. The van der Waals surface area contributed by atoms with E-state index in [4.69, 9.17) is 21.1 Å². The number of urea groups is 1. The molecule has 2 aliphatic heterocycles. The summed E-state index contributed by atoms with van der Waals surface area (Å²) >= 11 is 5.85. The maximum Gasteiger partial charge on any atom is 0.335 e. The number of carbonyl (C=O) groups excluding carboxylic acids is 3. The molecule has 2 aromatic carbocycles. The Morgan fingerprint density at radius 1 is 0.963 bits per heavy atom. The van der Waals surface area contributed by atoms with Crippen molar-refractivity contribution in [1.29, 1.82) is 0 Å². The van der Waals surface area contributed by atoms with E-state index in [9.17, 15) is 14.4 Å². The van der Waals surface area contributed by atoms with Gasteiger partial charge in [-0.1, -0.05) is 17.7 Å². The average Bonchev–Trinajstić information content (AvgIpc) is 2.66. The van der Waals surface area contributed by atoms with E-state index in [2.05, 4.69) is 5.32 Å². The Kier molecular flexibility index (Phi) is 4.29. The van der Waals surface area contributed by atoms with Crippen LogP contribution < -0.4 is 19.7 Å². The van der Waals surface area contributed by atoms with E-state index in [-0.39, 0.29) is 5.57 Å². The maximum absolute atomic E-state index is 12.8. The van der Waals surface area contributed by atoms with Crippen molar-refractivity contribution >= 4 is 41.2 Å². The number of nitrogens with zero attached hydrogens (tertiary/aromatic N) is 1. The van der Waals surface area contributed by atoms with Crippen molar-refractivity contribution in [3.05, 3.63) is 58.6 Å². The number of anilines is 1. The van der Waals surface area contributed by atoms with Crippen LogP contribution in [0.2, 0.25) is 5.02 Å². The second-order valence-electron chi connectivity index (χ2n) is 5.84. The van der Waals surface area contributed by atoms with Crippen LogP contribution in [-0.4, -0.2) is 31.1 Å². The number of nitrogens with one attached hydrogen (secondary N) is 1. The third-order valence-electron chi connectivity index (χ3n) is 4.06. The molecule has 4 rings (SSSR count). The molecular weight excluding hydrogens is 372 g/mol. The first-order chi connectivity index (χ1) is 13.0. The third kappa shape index (κ3) is 3.24. The van der Waals surface area contributed by atoms with Gasteiger partial charge in [0, 0.05) is 5.02 Å². The number of carbonyl (C=O) groups is 3. The molecule has 0 aromatic heterocycles. The Labute approximate surface area is 159 Å². The normalized spacial score (nSPS) is 17.9. The van der Waals surface area contributed by atoms with E-state index in [1.807, 2.05) is 0 Å². The minimum Gasteiger partial charge on any atom is -0.486 e. The van der Waals surface area contributed by atoms with Crippen molar-refractivity contribution in [2.45, 2.75) is 0 Å². The largest absolute Gasteiger partial charge is 0.486 e. The quantitative estimate of drug-likeness (QED) is 0.635. The highest BCUT2D eigenvalue weighted by molar-refractivity contribution is 6.39. The molecule has 136 valence electrons. The number of amides is 4. The van der Waals surface area contributed by atoms with Gasteiger partial charge in [-0.25, -0.2) is 9.69 Å². The molecule has 0 aliphatic carbocycles. The van der Waals surface area contributed by atoms with Gasteiger partial charge < -0.3 is 9.47 Å². The molecular formula is C19H13ClN2O5. The fourth-order valence-electron chi connectivity index (χ4n) is 2.80. The van der Waals surface area contributed by atoms with Crippen LogP contribution in [0.5, 0.6) is 11.5 Å². The van der Waals surface area contributed by atoms with Crippen LogP contribution in [0.1, 0.15) is 5.56 Å². The molecule has 27 heavy (non-hydrogen) atoms. The van der Waals surface area contributed by atoms with Crippen molar-refractivity contribution < 1.29 is 23.9 Å². The second kappa shape index (κ2) is 6.77. The first-order valence-corrected chi connectivity index (χ1v) is 8.47. The number of fused-ring (bicyclic) bond motifs is 1. The molecule has 8 heteroatoms. The molecule has 1 fully saturated rings. The number of halogens is 1. The third-order valence-corrected chi connectivity index (χ3v) is 4.32. The highest BCUT2D eigenvalue weighted by Crippen LogP contribution is 2.32. The van der Waals surface area contributed by atoms with Crippen molar-refractivity contribution in [3.8, 4) is 11.5 Å². The van der Waals surface area contributed by atoms with Crippen LogP contribution in [0.25, 0.3) is 6.08 Å². The van der Waals surface area contributed by atoms with Crippen LogP contribution >= 0.6 is 11.6 Å². The lowest BCUT2D eigenvalue weighted by molar-refractivity contribution is -0.122. The molecule has 1 N–H and O–H groups in total. The summed E-state index contributed by atoms with van der Waals surface area (Å²) in [6, 6.07) is 10.4. The van der Waals surface area contributed by atoms with Gasteiger partial charge in [0.25, 0.3) is 11.8 Å². The van der Waals surface area contributed by atoms with Crippen molar-refractivity contribution in [3.63, 3.8) is 0 Å². The number of barbiturate groups is 1. The van der Waals surface area contributed by atoms with Gasteiger partial charge in [0.15, 0.2) is 11.5 Å². The van der Waals surface area contributed by atoms with E-state index in [0.717, 1.165) is 4.90 Å². The molecule has 0 atom stereocenters. The van der Waals surface area contributed by atoms with E-state index in [0.29, 0.717) is 41.0 Å². The Morgan fingerprint density at radius 2 is 1.67 bits per heavy atom. The van der Waals surface area contributed by atoms with Crippen LogP contribution in [0.3, 0.4) is 0 Å². The Bertz CT molecular complexity index is 984. The predicted octanol–water partition coefficient (Wildman–Crippen LogP) is 2.78. The molecule has 4 amide bonds. The number of ether oxygens (including phenoxy) is 2. The van der Waals surface area contributed by atoms with E-state index in [1.165, 1.54) is 18.2 Å². The molecule has 1 saturated heterocycles. The first-order valence-electron chi connectivity index (χ1n) is 8.09. The molecule has 0 radical (unpaired) electrons. The summed E-state index contributed by atoms with van der Waals surface area (Å²) in [4.78, 5) is 38.1. The number of hydrogen-bond donors (Lipinski definition) is 1. The molecule has 0 spiro atoms. The number of benzene rings is 2. The highest BCUT2D eigenvalue weighted by Gasteiger charge is 2.36. The van der Waals surface area contributed by atoms with E-state index in [1.54, 1.807) is 30.3 Å². The van der Waals surface area contributed by atoms with Crippen LogP contribution in [-0.2, 0) is 9.59 Å². The fraction of sp³-hybridized carbons (Fsp3) is 0.105. The van der Waals surface area contributed by atoms with Gasteiger partial charge in [-0.3, -0.25) is 14.9 Å².